The Labute approximate surface area is 126 Å². The van der Waals surface area contributed by atoms with E-state index in [9.17, 15) is 4.79 Å². The van der Waals surface area contributed by atoms with Crippen molar-refractivity contribution in [3.63, 3.8) is 0 Å². The molecule has 0 unspecified atom stereocenters. The molecule has 0 radical (unpaired) electrons. The van der Waals surface area contributed by atoms with Crippen molar-refractivity contribution in [2.45, 2.75) is 44.6 Å². The van der Waals surface area contributed by atoms with Gasteiger partial charge in [-0.2, -0.15) is 5.26 Å². The molecular formula is C15H25N3O3. The third-order valence-corrected chi connectivity index (χ3v) is 3.70. The van der Waals surface area contributed by atoms with Crippen LogP contribution in [0.2, 0.25) is 0 Å². The Kier molecular flexibility index (Phi) is 8.48. The number of carbonyl (C=O) groups excluding carboxylic acids is 1. The van der Waals surface area contributed by atoms with Gasteiger partial charge in [0.2, 0.25) is 0 Å². The molecule has 1 saturated carbocycles. The van der Waals surface area contributed by atoms with Crippen molar-refractivity contribution in [2.24, 2.45) is 0 Å². The normalized spacial score (nSPS) is 16.9. The molecule has 0 atom stereocenters. The van der Waals surface area contributed by atoms with E-state index in [1.54, 1.807) is 0 Å². The van der Waals surface area contributed by atoms with Gasteiger partial charge in [-0.25, -0.2) is 0 Å². The third-order valence-electron chi connectivity index (χ3n) is 3.70. The molecule has 0 aliphatic heterocycles. The second kappa shape index (κ2) is 10.2. The summed E-state index contributed by atoms with van der Waals surface area (Å²) in [5.74, 6) is -0.457. The van der Waals surface area contributed by atoms with Crippen molar-refractivity contribution in [1.82, 2.24) is 10.2 Å². The molecule has 1 amide bonds. The highest BCUT2D eigenvalue weighted by molar-refractivity contribution is 5.97. The first-order valence-electron chi connectivity index (χ1n) is 7.60. The van der Waals surface area contributed by atoms with E-state index in [0.29, 0.717) is 6.04 Å². The average molecular weight is 295 g/mol. The SMILES string of the molecule is N#C/C(=C/NC1CCCCCC1)C(=O)N(CCO)CCO. The fourth-order valence-electron chi connectivity index (χ4n) is 2.52. The molecule has 21 heavy (non-hydrogen) atoms. The molecule has 1 rings (SSSR count). The van der Waals surface area contributed by atoms with Crippen LogP contribution in [0.4, 0.5) is 0 Å². The van der Waals surface area contributed by atoms with Gasteiger partial charge in [0.25, 0.3) is 5.91 Å². The molecule has 1 aliphatic rings. The predicted molar refractivity (Wildman–Crippen MR) is 79.1 cm³/mol. The van der Waals surface area contributed by atoms with Gasteiger partial charge in [0.15, 0.2) is 0 Å². The molecule has 118 valence electrons. The Bertz CT molecular complexity index is 376. The van der Waals surface area contributed by atoms with Gasteiger partial charge < -0.3 is 20.4 Å². The lowest BCUT2D eigenvalue weighted by atomic mass is 10.1. The first-order chi connectivity index (χ1) is 10.2. The Balaban J connectivity index is 2.63. The van der Waals surface area contributed by atoms with Crippen molar-refractivity contribution in [2.75, 3.05) is 26.3 Å². The number of nitrogens with one attached hydrogen (secondary N) is 1. The molecule has 1 aliphatic carbocycles. The highest BCUT2D eigenvalue weighted by atomic mass is 16.3. The quantitative estimate of drug-likeness (QED) is 0.361. The molecule has 1 fully saturated rings. The highest BCUT2D eigenvalue weighted by Gasteiger charge is 2.18. The Morgan fingerprint density at radius 3 is 2.24 bits per heavy atom. The predicted octanol–water partition coefficient (Wildman–Crippen LogP) is 0.519. The number of hydrogen-bond acceptors (Lipinski definition) is 5. The van der Waals surface area contributed by atoms with Crippen LogP contribution in [0.25, 0.3) is 0 Å². The van der Waals surface area contributed by atoms with Crippen molar-refractivity contribution in [3.05, 3.63) is 11.8 Å². The lowest BCUT2D eigenvalue weighted by Gasteiger charge is -2.20. The summed E-state index contributed by atoms with van der Waals surface area (Å²) in [6.07, 6.45) is 8.42. The second-order valence-electron chi connectivity index (χ2n) is 5.26. The van der Waals surface area contributed by atoms with Gasteiger partial charge in [0, 0.05) is 25.3 Å². The summed E-state index contributed by atoms with van der Waals surface area (Å²) in [4.78, 5) is 13.4. The molecule has 6 nitrogen and oxygen atoms in total. The van der Waals surface area contributed by atoms with Crippen molar-refractivity contribution >= 4 is 5.91 Å². The summed E-state index contributed by atoms with van der Waals surface area (Å²) in [6.45, 7) is -0.162. The van der Waals surface area contributed by atoms with E-state index >= 15 is 0 Å². The van der Waals surface area contributed by atoms with Crippen LogP contribution in [0.5, 0.6) is 0 Å². The van der Waals surface area contributed by atoms with E-state index < -0.39 is 5.91 Å². The van der Waals surface area contributed by atoms with Crippen molar-refractivity contribution in [1.29, 1.82) is 5.26 Å². The first-order valence-corrected chi connectivity index (χ1v) is 7.60. The van der Waals surface area contributed by atoms with Crippen LogP contribution in [0, 0.1) is 11.3 Å². The average Bonchev–Trinajstić information content (AvgIpc) is 2.76. The van der Waals surface area contributed by atoms with Crippen LogP contribution in [-0.2, 0) is 4.79 Å². The maximum Gasteiger partial charge on any atom is 0.266 e. The Morgan fingerprint density at radius 1 is 1.19 bits per heavy atom. The number of aliphatic hydroxyl groups is 2. The van der Waals surface area contributed by atoms with E-state index in [1.165, 1.54) is 36.8 Å². The zero-order chi connectivity index (χ0) is 15.5. The van der Waals surface area contributed by atoms with E-state index in [1.807, 2.05) is 6.07 Å². The van der Waals surface area contributed by atoms with Crippen LogP contribution >= 0.6 is 0 Å². The van der Waals surface area contributed by atoms with Gasteiger partial charge in [-0.3, -0.25) is 4.79 Å². The Morgan fingerprint density at radius 2 is 1.76 bits per heavy atom. The fraction of sp³-hybridized carbons (Fsp3) is 0.733. The minimum Gasteiger partial charge on any atom is -0.395 e. The summed E-state index contributed by atoms with van der Waals surface area (Å²) in [5, 5.41) is 30.2. The molecule has 0 spiro atoms. The number of amides is 1. The van der Waals surface area contributed by atoms with Crippen LogP contribution in [0.15, 0.2) is 11.8 Å². The second-order valence-corrected chi connectivity index (χ2v) is 5.26. The van der Waals surface area contributed by atoms with Gasteiger partial charge in [0.1, 0.15) is 11.6 Å². The lowest BCUT2D eigenvalue weighted by Crippen LogP contribution is -2.37. The number of nitriles is 1. The molecule has 0 saturated heterocycles. The minimum absolute atomic E-state index is 0.0150. The van der Waals surface area contributed by atoms with Gasteiger partial charge in [-0.15, -0.1) is 0 Å². The van der Waals surface area contributed by atoms with E-state index in [2.05, 4.69) is 5.32 Å². The molecule has 0 aromatic heterocycles. The number of rotatable bonds is 7. The summed E-state index contributed by atoms with van der Waals surface area (Å²) in [7, 11) is 0. The number of hydrogen-bond donors (Lipinski definition) is 3. The first kappa shape index (κ1) is 17.5. The smallest absolute Gasteiger partial charge is 0.266 e. The largest absolute Gasteiger partial charge is 0.395 e. The maximum absolute atomic E-state index is 12.2. The van der Waals surface area contributed by atoms with Crippen LogP contribution in [0.1, 0.15) is 38.5 Å². The van der Waals surface area contributed by atoms with Gasteiger partial charge in [0.05, 0.1) is 13.2 Å². The van der Waals surface area contributed by atoms with E-state index in [-0.39, 0.29) is 31.9 Å². The minimum atomic E-state index is -0.457. The third kappa shape index (κ3) is 6.15. The number of carbonyl (C=O) groups is 1. The lowest BCUT2D eigenvalue weighted by molar-refractivity contribution is -0.127. The summed E-state index contributed by atoms with van der Waals surface area (Å²) < 4.78 is 0. The molecule has 6 heteroatoms. The van der Waals surface area contributed by atoms with E-state index in [0.717, 1.165) is 12.8 Å². The summed E-state index contributed by atoms with van der Waals surface area (Å²) in [5.41, 5.74) is 0.0150. The Hall–Kier alpha value is -1.58. The van der Waals surface area contributed by atoms with Crippen LogP contribution in [0.3, 0.4) is 0 Å². The number of aliphatic hydroxyl groups excluding tert-OH is 2. The standard InChI is InChI=1S/C15H25N3O3/c16-11-13(15(21)18(7-9-19)8-10-20)12-17-14-5-3-1-2-4-6-14/h12,14,17,19-20H,1-10H2/b13-12-. The molecule has 0 bridgehead atoms. The molecule has 0 heterocycles. The van der Waals surface area contributed by atoms with Crippen LogP contribution < -0.4 is 5.32 Å². The molecule has 0 aromatic rings. The maximum atomic E-state index is 12.2. The van der Waals surface area contributed by atoms with Gasteiger partial charge in [-0.1, -0.05) is 25.7 Å². The molecule has 0 aromatic carbocycles. The zero-order valence-electron chi connectivity index (χ0n) is 12.4. The monoisotopic (exact) mass is 295 g/mol. The number of nitrogens with zero attached hydrogens (tertiary/aromatic N) is 2. The fourth-order valence-corrected chi connectivity index (χ4v) is 2.52. The van der Waals surface area contributed by atoms with E-state index in [4.69, 9.17) is 15.5 Å². The van der Waals surface area contributed by atoms with Crippen LogP contribution in [-0.4, -0.2) is 53.4 Å². The summed E-state index contributed by atoms with van der Waals surface area (Å²) >= 11 is 0. The molecular weight excluding hydrogens is 270 g/mol. The zero-order valence-corrected chi connectivity index (χ0v) is 12.4. The van der Waals surface area contributed by atoms with Gasteiger partial charge in [-0.05, 0) is 12.8 Å². The highest BCUT2D eigenvalue weighted by Crippen LogP contribution is 2.17. The van der Waals surface area contributed by atoms with Crippen molar-refractivity contribution < 1.29 is 15.0 Å². The summed E-state index contributed by atoms with van der Waals surface area (Å²) in [6, 6.07) is 2.21. The topological polar surface area (TPSA) is 96.6 Å². The van der Waals surface area contributed by atoms with Gasteiger partial charge >= 0.3 is 0 Å². The molecule has 3 N–H and O–H groups in total. The van der Waals surface area contributed by atoms with Crippen molar-refractivity contribution in [3.8, 4) is 6.07 Å².